The van der Waals surface area contributed by atoms with Crippen LogP contribution in [0.4, 0.5) is 22.9 Å². The maximum atomic E-state index is 13.2. The van der Waals surface area contributed by atoms with Crippen molar-refractivity contribution in [3.05, 3.63) is 77.2 Å². The molecule has 0 bridgehead atoms. The lowest BCUT2D eigenvalue weighted by Gasteiger charge is -2.34. The number of likely N-dealkylation sites (N-methyl/N-ethyl adjacent to an activating group) is 1. The predicted molar refractivity (Wildman–Crippen MR) is 161 cm³/mol. The van der Waals surface area contributed by atoms with Crippen molar-refractivity contribution >= 4 is 40.2 Å². The van der Waals surface area contributed by atoms with Crippen LogP contribution in [0.3, 0.4) is 0 Å². The quantitative estimate of drug-likeness (QED) is 0.269. The van der Waals surface area contributed by atoms with E-state index in [0.717, 1.165) is 48.7 Å². The van der Waals surface area contributed by atoms with Gasteiger partial charge < -0.3 is 30.5 Å². The highest BCUT2D eigenvalue weighted by Gasteiger charge is 2.19. The highest BCUT2D eigenvalue weighted by molar-refractivity contribution is 6.05. The second-order valence-corrected chi connectivity index (χ2v) is 10.3. The van der Waals surface area contributed by atoms with Crippen LogP contribution >= 0.6 is 0 Å². The van der Waals surface area contributed by atoms with Gasteiger partial charge in [-0.3, -0.25) is 9.59 Å². The molecule has 1 aliphatic heterocycles. The molecule has 1 aliphatic rings. The van der Waals surface area contributed by atoms with Gasteiger partial charge in [-0.25, -0.2) is 9.50 Å². The number of ether oxygens (including phenoxy) is 1. The number of methoxy groups -OCH3 is 1. The molecule has 0 unspecified atom stereocenters. The van der Waals surface area contributed by atoms with Crippen LogP contribution in [0.25, 0.3) is 5.52 Å². The number of nitrogens with one attached hydrogen (secondary N) is 3. The molecule has 2 aromatic heterocycles. The van der Waals surface area contributed by atoms with Crippen molar-refractivity contribution in [1.82, 2.24) is 24.8 Å². The Morgan fingerprint density at radius 3 is 2.61 bits per heavy atom. The zero-order chi connectivity index (χ0) is 28.9. The Labute approximate surface area is 239 Å². The molecule has 3 heterocycles. The third kappa shape index (κ3) is 6.31. The van der Waals surface area contributed by atoms with Gasteiger partial charge in [-0.05, 0) is 62.4 Å². The fraction of sp³-hybridized carbons (Fsp3) is 0.333. The van der Waals surface area contributed by atoms with Crippen molar-refractivity contribution in [3.63, 3.8) is 0 Å². The van der Waals surface area contributed by atoms with Crippen molar-refractivity contribution in [2.75, 3.05) is 69.0 Å². The van der Waals surface area contributed by atoms with Crippen molar-refractivity contribution in [3.8, 4) is 0 Å². The van der Waals surface area contributed by atoms with Crippen LogP contribution in [0.2, 0.25) is 0 Å². The first-order valence-corrected chi connectivity index (χ1v) is 13.7. The molecular weight excluding hydrogens is 520 g/mol. The van der Waals surface area contributed by atoms with Gasteiger partial charge in [-0.15, -0.1) is 0 Å². The van der Waals surface area contributed by atoms with Gasteiger partial charge in [0.1, 0.15) is 11.8 Å². The molecule has 1 saturated heterocycles. The lowest BCUT2D eigenvalue weighted by Crippen LogP contribution is -2.44. The van der Waals surface area contributed by atoms with E-state index in [1.54, 1.807) is 17.8 Å². The zero-order valence-corrected chi connectivity index (χ0v) is 23.9. The smallest absolute Gasteiger partial charge is 0.255 e. The molecular formula is C30H36N8O3. The SMILES string of the molecule is COCCNC(=O)c1cn2ncnc(Nc3cc(NC(=O)c4cccc(N5CCN(C)CC5)c4)ccc3C)c2c1C. The minimum absolute atomic E-state index is 0.174. The van der Waals surface area contributed by atoms with Gasteiger partial charge in [0.15, 0.2) is 5.82 Å². The molecule has 11 nitrogen and oxygen atoms in total. The molecule has 0 aliphatic carbocycles. The average Bonchev–Trinajstić information content (AvgIpc) is 3.32. The van der Waals surface area contributed by atoms with E-state index in [-0.39, 0.29) is 11.8 Å². The van der Waals surface area contributed by atoms with E-state index >= 15 is 0 Å². The summed E-state index contributed by atoms with van der Waals surface area (Å²) in [6, 6.07) is 13.5. The zero-order valence-electron chi connectivity index (χ0n) is 23.9. The molecule has 214 valence electrons. The van der Waals surface area contributed by atoms with Crippen LogP contribution in [-0.2, 0) is 4.74 Å². The molecule has 2 amide bonds. The normalized spacial score (nSPS) is 13.8. The predicted octanol–water partition coefficient (Wildman–Crippen LogP) is 3.47. The molecule has 11 heteroatoms. The number of aromatic nitrogens is 3. The summed E-state index contributed by atoms with van der Waals surface area (Å²) in [5.41, 5.74) is 6.03. The Morgan fingerprint density at radius 1 is 1.02 bits per heavy atom. The van der Waals surface area contributed by atoms with Crippen LogP contribution in [-0.4, -0.2) is 84.8 Å². The Kier molecular flexibility index (Phi) is 8.46. The van der Waals surface area contributed by atoms with E-state index < -0.39 is 0 Å². The highest BCUT2D eigenvalue weighted by Crippen LogP contribution is 2.29. The second-order valence-electron chi connectivity index (χ2n) is 10.3. The van der Waals surface area contributed by atoms with Gasteiger partial charge in [0.25, 0.3) is 11.8 Å². The Morgan fingerprint density at radius 2 is 1.83 bits per heavy atom. The summed E-state index contributed by atoms with van der Waals surface area (Å²) in [5.74, 6) is 0.181. The van der Waals surface area contributed by atoms with Gasteiger partial charge in [0.2, 0.25) is 0 Å². The maximum Gasteiger partial charge on any atom is 0.255 e. The molecule has 0 atom stereocenters. The standard InChI is InChI=1S/C30H36N8O3/c1-20-8-9-23(34-29(39)22-6-5-7-24(16-22)37-13-11-36(3)12-14-37)17-26(20)35-28-27-21(2)25(18-38(27)33-19-32-28)30(40)31-10-15-41-4/h5-9,16-19H,10-15H2,1-4H3,(H,31,40)(H,34,39)(H,32,33,35). The fourth-order valence-corrected chi connectivity index (χ4v) is 4.92. The summed E-state index contributed by atoms with van der Waals surface area (Å²) in [7, 11) is 3.72. The Balaban J connectivity index is 1.34. The first-order valence-electron chi connectivity index (χ1n) is 13.7. The minimum Gasteiger partial charge on any atom is -0.383 e. The Bertz CT molecular complexity index is 1560. The van der Waals surface area contributed by atoms with Crippen LogP contribution in [0.5, 0.6) is 0 Å². The van der Waals surface area contributed by atoms with Gasteiger partial charge in [0.05, 0.1) is 12.2 Å². The fourth-order valence-electron chi connectivity index (χ4n) is 4.92. The molecule has 0 radical (unpaired) electrons. The molecule has 5 rings (SSSR count). The summed E-state index contributed by atoms with van der Waals surface area (Å²) < 4.78 is 6.67. The number of fused-ring (bicyclic) bond motifs is 1. The van der Waals surface area contributed by atoms with Crippen LogP contribution < -0.4 is 20.9 Å². The molecule has 3 N–H and O–H groups in total. The molecule has 0 spiro atoms. The monoisotopic (exact) mass is 556 g/mol. The van der Waals surface area contributed by atoms with Crippen molar-refractivity contribution in [2.45, 2.75) is 13.8 Å². The van der Waals surface area contributed by atoms with E-state index in [0.29, 0.717) is 41.3 Å². The van der Waals surface area contributed by atoms with E-state index in [4.69, 9.17) is 4.74 Å². The number of nitrogens with zero attached hydrogens (tertiary/aromatic N) is 5. The van der Waals surface area contributed by atoms with E-state index in [2.05, 4.69) is 48.9 Å². The third-order valence-corrected chi connectivity index (χ3v) is 7.39. The topological polar surface area (TPSA) is 116 Å². The number of piperazine rings is 1. The summed E-state index contributed by atoms with van der Waals surface area (Å²) in [6.45, 7) is 8.56. The van der Waals surface area contributed by atoms with Crippen molar-refractivity contribution in [2.24, 2.45) is 0 Å². The first-order chi connectivity index (χ1) is 19.8. The number of rotatable bonds is 9. The van der Waals surface area contributed by atoms with Crippen LogP contribution in [0, 0.1) is 13.8 Å². The molecule has 2 aromatic carbocycles. The average molecular weight is 557 g/mol. The number of hydrogen-bond donors (Lipinski definition) is 3. The third-order valence-electron chi connectivity index (χ3n) is 7.39. The van der Waals surface area contributed by atoms with Gasteiger partial charge >= 0.3 is 0 Å². The first kappa shape index (κ1) is 28.1. The van der Waals surface area contributed by atoms with Gasteiger partial charge in [-0.1, -0.05) is 12.1 Å². The minimum atomic E-state index is -0.200. The molecule has 4 aromatic rings. The highest BCUT2D eigenvalue weighted by atomic mass is 16.5. The van der Waals surface area contributed by atoms with E-state index in [9.17, 15) is 9.59 Å². The molecule has 0 saturated carbocycles. The van der Waals surface area contributed by atoms with Crippen molar-refractivity contribution < 1.29 is 14.3 Å². The molecule has 41 heavy (non-hydrogen) atoms. The van der Waals surface area contributed by atoms with Crippen LogP contribution in [0.15, 0.2) is 55.0 Å². The van der Waals surface area contributed by atoms with E-state index in [1.807, 2.05) is 50.2 Å². The number of hydrogen-bond acceptors (Lipinski definition) is 8. The van der Waals surface area contributed by atoms with Crippen LogP contribution in [0.1, 0.15) is 31.8 Å². The summed E-state index contributed by atoms with van der Waals surface area (Å²) >= 11 is 0. The van der Waals surface area contributed by atoms with Gasteiger partial charge in [0, 0.05) is 68.7 Å². The van der Waals surface area contributed by atoms with E-state index in [1.165, 1.54) is 6.33 Å². The Hall–Kier alpha value is -4.48. The summed E-state index contributed by atoms with van der Waals surface area (Å²) in [4.78, 5) is 35.0. The maximum absolute atomic E-state index is 13.2. The lowest BCUT2D eigenvalue weighted by atomic mass is 10.1. The number of benzene rings is 2. The lowest BCUT2D eigenvalue weighted by molar-refractivity contribution is 0.0936. The largest absolute Gasteiger partial charge is 0.383 e. The second kappa shape index (κ2) is 12.4. The number of amides is 2. The number of carbonyl (C=O) groups is 2. The van der Waals surface area contributed by atoms with Crippen molar-refractivity contribution in [1.29, 1.82) is 0 Å². The number of carbonyl (C=O) groups excluding carboxylic acids is 2. The van der Waals surface area contributed by atoms with Gasteiger partial charge in [-0.2, -0.15) is 5.10 Å². The summed E-state index contributed by atoms with van der Waals surface area (Å²) in [5, 5.41) is 13.6. The number of anilines is 4. The number of aryl methyl sites for hydroxylation is 2. The summed E-state index contributed by atoms with van der Waals surface area (Å²) in [6.07, 6.45) is 3.13. The molecule has 1 fully saturated rings.